The van der Waals surface area contributed by atoms with Gasteiger partial charge >= 0.3 is 0 Å². The zero-order chi connectivity index (χ0) is 21.1. The fourth-order valence-electron chi connectivity index (χ4n) is 3.76. The van der Waals surface area contributed by atoms with Crippen molar-refractivity contribution in [2.45, 2.75) is 32.6 Å². The standard InChI is InChI=1S/C22H24N4O4/c1-3-19-23-22(28)17-6-4-5-7-18(17)26(19)15-10-12-25(13-11-15)21(27)9-8-16-14-20(29-2)24-30-16/h4-7,10,14H,3,8-9,11-13H2,1-2H3. The summed E-state index contributed by atoms with van der Waals surface area (Å²) in [6.45, 7) is 3.14. The molecule has 8 heteroatoms. The van der Waals surface area contributed by atoms with E-state index in [0.717, 1.165) is 17.0 Å². The van der Waals surface area contributed by atoms with E-state index in [0.29, 0.717) is 55.8 Å². The maximum atomic E-state index is 12.6. The lowest BCUT2D eigenvalue weighted by atomic mass is 10.1. The molecule has 4 rings (SSSR count). The number of para-hydroxylation sites is 1. The van der Waals surface area contributed by atoms with Crippen molar-refractivity contribution in [2.24, 2.45) is 0 Å². The Morgan fingerprint density at radius 3 is 2.83 bits per heavy atom. The SMILES string of the molecule is CCc1nc(=O)c2ccccc2n1C1=CCN(C(=O)CCc2cc(OC)no2)CC1. The first-order chi connectivity index (χ1) is 14.6. The number of methoxy groups -OCH3 is 1. The van der Waals surface area contributed by atoms with Crippen LogP contribution in [0.3, 0.4) is 0 Å². The highest BCUT2D eigenvalue weighted by Crippen LogP contribution is 2.23. The van der Waals surface area contributed by atoms with Crippen molar-refractivity contribution in [1.29, 1.82) is 0 Å². The number of hydrogen-bond donors (Lipinski definition) is 0. The maximum Gasteiger partial charge on any atom is 0.280 e. The topological polar surface area (TPSA) is 90.5 Å². The van der Waals surface area contributed by atoms with Crippen LogP contribution in [0.25, 0.3) is 16.6 Å². The van der Waals surface area contributed by atoms with E-state index in [1.165, 1.54) is 7.11 Å². The van der Waals surface area contributed by atoms with Gasteiger partial charge < -0.3 is 18.7 Å². The summed E-state index contributed by atoms with van der Waals surface area (Å²) in [6.07, 6.45) is 4.24. The lowest BCUT2D eigenvalue weighted by Gasteiger charge is -2.28. The number of aromatic nitrogens is 3. The number of ether oxygens (including phenoxy) is 1. The number of aryl methyl sites for hydroxylation is 2. The highest BCUT2D eigenvalue weighted by Gasteiger charge is 2.21. The molecule has 0 atom stereocenters. The second-order valence-electron chi connectivity index (χ2n) is 7.16. The third-order valence-corrected chi connectivity index (χ3v) is 5.34. The van der Waals surface area contributed by atoms with Gasteiger partial charge in [0.15, 0.2) is 0 Å². The van der Waals surface area contributed by atoms with E-state index in [-0.39, 0.29) is 11.5 Å². The van der Waals surface area contributed by atoms with Gasteiger partial charge in [0.05, 0.1) is 18.0 Å². The number of fused-ring (bicyclic) bond motifs is 1. The molecule has 0 aliphatic carbocycles. The molecule has 1 aliphatic rings. The zero-order valence-corrected chi connectivity index (χ0v) is 17.1. The van der Waals surface area contributed by atoms with E-state index in [2.05, 4.69) is 20.8 Å². The van der Waals surface area contributed by atoms with E-state index in [9.17, 15) is 9.59 Å². The second kappa shape index (κ2) is 8.52. The summed E-state index contributed by atoms with van der Waals surface area (Å²) in [5.41, 5.74) is 1.73. The molecule has 30 heavy (non-hydrogen) atoms. The van der Waals surface area contributed by atoms with Gasteiger partial charge in [0.1, 0.15) is 11.6 Å². The lowest BCUT2D eigenvalue weighted by molar-refractivity contribution is -0.130. The highest BCUT2D eigenvalue weighted by atomic mass is 16.5. The molecule has 1 aliphatic heterocycles. The minimum atomic E-state index is -0.198. The van der Waals surface area contributed by atoms with E-state index >= 15 is 0 Å². The molecule has 8 nitrogen and oxygen atoms in total. The van der Waals surface area contributed by atoms with E-state index in [4.69, 9.17) is 9.26 Å². The summed E-state index contributed by atoms with van der Waals surface area (Å²) in [7, 11) is 1.52. The Hall–Kier alpha value is -3.42. The molecule has 1 amide bonds. The van der Waals surface area contributed by atoms with Crippen LogP contribution in [0.15, 0.2) is 45.7 Å². The quantitative estimate of drug-likeness (QED) is 0.623. The Kier molecular flexibility index (Phi) is 5.65. The molecular formula is C22H24N4O4. The molecule has 0 spiro atoms. The number of rotatable bonds is 6. The molecule has 2 aromatic heterocycles. The Balaban J connectivity index is 1.50. The van der Waals surface area contributed by atoms with Gasteiger partial charge in [-0.2, -0.15) is 4.98 Å². The number of benzene rings is 1. The van der Waals surface area contributed by atoms with E-state index < -0.39 is 0 Å². The third kappa shape index (κ3) is 3.85. The lowest BCUT2D eigenvalue weighted by Crippen LogP contribution is -2.35. The minimum absolute atomic E-state index is 0.0688. The predicted molar refractivity (Wildman–Crippen MR) is 112 cm³/mol. The number of amides is 1. The summed E-state index contributed by atoms with van der Waals surface area (Å²) in [4.78, 5) is 31.1. The molecule has 0 bridgehead atoms. The second-order valence-corrected chi connectivity index (χ2v) is 7.16. The van der Waals surface area contributed by atoms with E-state index in [1.54, 1.807) is 12.1 Å². The number of hydrogen-bond acceptors (Lipinski definition) is 6. The van der Waals surface area contributed by atoms with Gasteiger partial charge in [0.25, 0.3) is 11.4 Å². The smallest absolute Gasteiger partial charge is 0.280 e. The van der Waals surface area contributed by atoms with Crippen LogP contribution < -0.4 is 10.3 Å². The van der Waals surface area contributed by atoms with Crippen molar-refractivity contribution in [3.8, 4) is 5.88 Å². The Morgan fingerprint density at radius 1 is 1.30 bits per heavy atom. The highest BCUT2D eigenvalue weighted by molar-refractivity contribution is 5.82. The van der Waals surface area contributed by atoms with Gasteiger partial charge in [-0.1, -0.05) is 19.1 Å². The molecule has 3 heterocycles. The van der Waals surface area contributed by atoms with Crippen molar-refractivity contribution in [3.63, 3.8) is 0 Å². The molecule has 0 saturated carbocycles. The average Bonchev–Trinajstić information content (AvgIpc) is 3.26. The molecule has 1 aromatic carbocycles. The Bertz CT molecular complexity index is 1160. The van der Waals surface area contributed by atoms with E-state index in [1.807, 2.05) is 30.0 Å². The van der Waals surface area contributed by atoms with Crippen molar-refractivity contribution >= 4 is 22.5 Å². The summed E-state index contributed by atoms with van der Waals surface area (Å²) in [6, 6.07) is 9.22. The van der Waals surface area contributed by atoms with Gasteiger partial charge in [0, 0.05) is 50.5 Å². The van der Waals surface area contributed by atoms with Crippen molar-refractivity contribution in [1.82, 2.24) is 19.6 Å². The molecule has 0 unspecified atom stereocenters. The third-order valence-electron chi connectivity index (χ3n) is 5.34. The van der Waals surface area contributed by atoms with Gasteiger partial charge in [-0.3, -0.25) is 9.59 Å². The number of carbonyl (C=O) groups excluding carboxylic acids is 1. The van der Waals surface area contributed by atoms with Crippen molar-refractivity contribution < 1.29 is 14.1 Å². The summed E-state index contributed by atoms with van der Waals surface area (Å²) in [5, 5.41) is 4.36. The molecule has 0 N–H and O–H groups in total. The minimum Gasteiger partial charge on any atom is -0.479 e. The summed E-state index contributed by atoms with van der Waals surface area (Å²) < 4.78 is 12.2. The maximum absolute atomic E-state index is 12.6. The number of carbonyl (C=O) groups is 1. The molecule has 0 fully saturated rings. The largest absolute Gasteiger partial charge is 0.479 e. The molecule has 3 aromatic rings. The van der Waals surface area contributed by atoms with Gasteiger partial charge in [-0.25, -0.2) is 0 Å². The fraction of sp³-hybridized carbons (Fsp3) is 0.364. The zero-order valence-electron chi connectivity index (χ0n) is 17.1. The van der Waals surface area contributed by atoms with Crippen LogP contribution in [-0.4, -0.2) is 45.7 Å². The molecule has 156 valence electrons. The average molecular weight is 408 g/mol. The van der Waals surface area contributed by atoms with Crippen LogP contribution >= 0.6 is 0 Å². The van der Waals surface area contributed by atoms with Gasteiger partial charge in [0.2, 0.25) is 5.91 Å². The first kappa shape index (κ1) is 19.9. The van der Waals surface area contributed by atoms with Crippen LogP contribution in [-0.2, 0) is 17.6 Å². The Labute approximate surface area is 173 Å². The van der Waals surface area contributed by atoms with Gasteiger partial charge in [-0.15, -0.1) is 0 Å². The predicted octanol–water partition coefficient (Wildman–Crippen LogP) is 2.66. The first-order valence-electron chi connectivity index (χ1n) is 10.1. The van der Waals surface area contributed by atoms with Crippen LogP contribution in [0.5, 0.6) is 5.88 Å². The van der Waals surface area contributed by atoms with Crippen LogP contribution in [0, 0.1) is 0 Å². The fourth-order valence-corrected chi connectivity index (χ4v) is 3.76. The van der Waals surface area contributed by atoms with Crippen LogP contribution in [0.2, 0.25) is 0 Å². The van der Waals surface area contributed by atoms with Crippen molar-refractivity contribution in [2.75, 3.05) is 20.2 Å². The molecular weight excluding hydrogens is 384 g/mol. The van der Waals surface area contributed by atoms with Gasteiger partial charge in [-0.05, 0) is 23.4 Å². The van der Waals surface area contributed by atoms with Crippen molar-refractivity contribution in [3.05, 3.63) is 58.3 Å². The van der Waals surface area contributed by atoms with Crippen LogP contribution in [0.1, 0.15) is 31.4 Å². The molecule has 0 radical (unpaired) electrons. The normalized spacial score (nSPS) is 14.1. The van der Waals surface area contributed by atoms with Crippen LogP contribution in [0.4, 0.5) is 0 Å². The first-order valence-corrected chi connectivity index (χ1v) is 10.1. The molecule has 0 saturated heterocycles. The monoisotopic (exact) mass is 408 g/mol. The summed E-state index contributed by atoms with van der Waals surface area (Å²) in [5.74, 6) is 1.85. The summed E-state index contributed by atoms with van der Waals surface area (Å²) >= 11 is 0. The Morgan fingerprint density at radius 2 is 2.13 bits per heavy atom. The number of nitrogens with zero attached hydrogens (tertiary/aromatic N) is 4.